The van der Waals surface area contributed by atoms with Gasteiger partial charge in [-0.15, -0.1) is 0 Å². The number of ether oxygens (including phenoxy) is 3. The first-order valence-electron chi connectivity index (χ1n) is 12.6. The summed E-state index contributed by atoms with van der Waals surface area (Å²) in [5.41, 5.74) is 4.39. The SMILES string of the molecule is CCCc1c(OCCCOc2cc(O)c(-c3ccsc3)cc2CC)cccc1Oc1ccccc1C#N. The van der Waals surface area contributed by atoms with Crippen LogP contribution in [0.5, 0.6) is 28.7 Å². The predicted molar refractivity (Wildman–Crippen MR) is 148 cm³/mol. The fraction of sp³-hybridized carbons (Fsp3) is 0.258. The molecule has 190 valence electrons. The van der Waals surface area contributed by atoms with Crippen LogP contribution in [-0.4, -0.2) is 18.3 Å². The molecule has 1 N–H and O–H groups in total. The Morgan fingerprint density at radius 2 is 1.65 bits per heavy atom. The average molecular weight is 514 g/mol. The number of phenols is 1. The van der Waals surface area contributed by atoms with Crippen molar-refractivity contribution < 1.29 is 19.3 Å². The molecule has 0 bridgehead atoms. The minimum atomic E-state index is 0.223. The van der Waals surface area contributed by atoms with Gasteiger partial charge in [0.1, 0.15) is 34.8 Å². The Balaban J connectivity index is 1.38. The number of thiophene rings is 1. The molecule has 0 atom stereocenters. The van der Waals surface area contributed by atoms with E-state index in [4.69, 9.17) is 14.2 Å². The summed E-state index contributed by atoms with van der Waals surface area (Å²) in [4.78, 5) is 0. The molecule has 0 unspecified atom stereocenters. The van der Waals surface area contributed by atoms with Crippen molar-refractivity contribution in [2.75, 3.05) is 13.2 Å². The highest BCUT2D eigenvalue weighted by molar-refractivity contribution is 7.08. The van der Waals surface area contributed by atoms with Gasteiger partial charge in [-0.3, -0.25) is 0 Å². The molecule has 0 spiro atoms. The van der Waals surface area contributed by atoms with E-state index < -0.39 is 0 Å². The highest BCUT2D eigenvalue weighted by Crippen LogP contribution is 2.37. The third-order valence-electron chi connectivity index (χ3n) is 6.01. The van der Waals surface area contributed by atoms with Crippen LogP contribution in [0.3, 0.4) is 0 Å². The Bertz CT molecular complexity index is 1360. The molecule has 37 heavy (non-hydrogen) atoms. The molecular weight excluding hydrogens is 482 g/mol. The smallest absolute Gasteiger partial charge is 0.145 e. The van der Waals surface area contributed by atoms with Crippen LogP contribution in [0.1, 0.15) is 43.4 Å². The van der Waals surface area contributed by atoms with E-state index in [1.807, 2.05) is 53.2 Å². The van der Waals surface area contributed by atoms with Gasteiger partial charge in [0.2, 0.25) is 0 Å². The van der Waals surface area contributed by atoms with E-state index in [2.05, 4.69) is 19.9 Å². The molecule has 0 aliphatic carbocycles. The monoisotopic (exact) mass is 513 g/mol. The zero-order valence-electron chi connectivity index (χ0n) is 21.2. The Morgan fingerprint density at radius 3 is 2.38 bits per heavy atom. The van der Waals surface area contributed by atoms with E-state index in [0.717, 1.165) is 47.3 Å². The van der Waals surface area contributed by atoms with Gasteiger partial charge < -0.3 is 19.3 Å². The zero-order valence-corrected chi connectivity index (χ0v) is 22.0. The van der Waals surface area contributed by atoms with Crippen LogP contribution in [0, 0.1) is 11.3 Å². The van der Waals surface area contributed by atoms with Crippen LogP contribution < -0.4 is 14.2 Å². The third-order valence-corrected chi connectivity index (χ3v) is 6.70. The second-order valence-electron chi connectivity index (χ2n) is 8.59. The third kappa shape index (κ3) is 6.44. The quantitative estimate of drug-likeness (QED) is 0.194. The Morgan fingerprint density at radius 1 is 0.892 bits per heavy atom. The lowest BCUT2D eigenvalue weighted by Gasteiger charge is -2.17. The number of nitriles is 1. The fourth-order valence-electron chi connectivity index (χ4n) is 4.14. The van der Waals surface area contributed by atoms with Gasteiger partial charge in [0.05, 0.1) is 18.8 Å². The number of rotatable bonds is 12. The molecule has 4 aromatic rings. The van der Waals surface area contributed by atoms with Crippen molar-refractivity contribution in [1.82, 2.24) is 0 Å². The topological polar surface area (TPSA) is 71.7 Å². The molecule has 6 heteroatoms. The predicted octanol–water partition coefficient (Wildman–Crippen LogP) is 8.15. The highest BCUT2D eigenvalue weighted by atomic mass is 32.1. The van der Waals surface area contributed by atoms with Gasteiger partial charge in [0, 0.05) is 23.6 Å². The summed E-state index contributed by atoms with van der Waals surface area (Å²) in [5.74, 6) is 2.94. The van der Waals surface area contributed by atoms with E-state index in [1.165, 1.54) is 0 Å². The number of aryl methyl sites for hydroxylation is 1. The summed E-state index contributed by atoms with van der Waals surface area (Å²) in [6, 6.07) is 20.9. The van der Waals surface area contributed by atoms with Crippen molar-refractivity contribution in [3.8, 4) is 45.9 Å². The lowest BCUT2D eigenvalue weighted by atomic mass is 10.0. The molecule has 0 aliphatic heterocycles. The summed E-state index contributed by atoms with van der Waals surface area (Å²) in [5, 5.41) is 24.0. The number of hydrogen-bond acceptors (Lipinski definition) is 6. The van der Waals surface area contributed by atoms with Crippen molar-refractivity contribution in [2.24, 2.45) is 0 Å². The van der Waals surface area contributed by atoms with Gasteiger partial charge in [0.15, 0.2) is 0 Å². The van der Waals surface area contributed by atoms with Gasteiger partial charge >= 0.3 is 0 Å². The summed E-state index contributed by atoms with van der Waals surface area (Å²) in [6.07, 6.45) is 3.23. The first-order valence-corrected chi connectivity index (χ1v) is 13.5. The largest absolute Gasteiger partial charge is 0.507 e. The van der Waals surface area contributed by atoms with E-state index in [-0.39, 0.29) is 5.75 Å². The molecule has 0 fully saturated rings. The van der Waals surface area contributed by atoms with Gasteiger partial charge in [-0.2, -0.15) is 16.6 Å². The molecule has 1 aromatic heterocycles. The summed E-state index contributed by atoms with van der Waals surface area (Å²) in [7, 11) is 0. The Labute approximate surface area is 222 Å². The highest BCUT2D eigenvalue weighted by Gasteiger charge is 2.14. The molecule has 4 rings (SSSR count). The van der Waals surface area contributed by atoms with Crippen molar-refractivity contribution >= 4 is 11.3 Å². The van der Waals surface area contributed by atoms with Gasteiger partial charge in [-0.1, -0.05) is 38.5 Å². The molecule has 0 amide bonds. The lowest BCUT2D eigenvalue weighted by molar-refractivity contribution is 0.244. The molecular formula is C31H31NO4S. The first-order chi connectivity index (χ1) is 18.1. The maximum absolute atomic E-state index is 10.6. The zero-order chi connectivity index (χ0) is 26.0. The van der Waals surface area contributed by atoms with Crippen LogP contribution in [0.2, 0.25) is 0 Å². The van der Waals surface area contributed by atoms with Crippen LogP contribution in [0.25, 0.3) is 11.1 Å². The molecule has 5 nitrogen and oxygen atoms in total. The van der Waals surface area contributed by atoms with Crippen molar-refractivity contribution in [3.63, 3.8) is 0 Å². The number of hydrogen-bond donors (Lipinski definition) is 1. The second-order valence-corrected chi connectivity index (χ2v) is 9.37. The van der Waals surface area contributed by atoms with Crippen LogP contribution in [-0.2, 0) is 12.8 Å². The van der Waals surface area contributed by atoms with E-state index in [0.29, 0.717) is 42.4 Å². The summed E-state index contributed by atoms with van der Waals surface area (Å²) >= 11 is 1.61. The Hall–Kier alpha value is -3.95. The van der Waals surface area contributed by atoms with E-state index >= 15 is 0 Å². The average Bonchev–Trinajstić information content (AvgIpc) is 3.45. The number of nitrogens with zero attached hydrogens (tertiary/aromatic N) is 1. The standard InChI is InChI=1S/C31H31NO4S/c1-3-9-25-29(12-7-13-30(25)36-28-11-6-5-10-23(28)20-32)34-15-8-16-35-31-19-27(33)26(18-22(31)4-2)24-14-17-37-21-24/h5-7,10-14,17-19,21,33H,3-4,8-9,15-16H2,1-2H3. The maximum Gasteiger partial charge on any atom is 0.145 e. The molecule has 0 saturated carbocycles. The van der Waals surface area contributed by atoms with Gasteiger partial charge in [0.25, 0.3) is 0 Å². The van der Waals surface area contributed by atoms with Crippen molar-refractivity contribution in [1.29, 1.82) is 5.26 Å². The fourth-order valence-corrected chi connectivity index (χ4v) is 4.79. The Kier molecular flexibility index (Phi) is 9.07. The van der Waals surface area contributed by atoms with Gasteiger partial charge in [-0.05, 0) is 71.1 Å². The van der Waals surface area contributed by atoms with Crippen molar-refractivity contribution in [2.45, 2.75) is 39.5 Å². The number of phenolic OH excluding ortho intramolecular Hbond substituents is 1. The van der Waals surface area contributed by atoms with E-state index in [9.17, 15) is 10.4 Å². The van der Waals surface area contributed by atoms with Crippen LogP contribution >= 0.6 is 11.3 Å². The first kappa shape index (κ1) is 26.1. The van der Waals surface area contributed by atoms with Crippen LogP contribution in [0.15, 0.2) is 71.4 Å². The summed E-state index contributed by atoms with van der Waals surface area (Å²) in [6.45, 7) is 5.15. The van der Waals surface area contributed by atoms with E-state index in [1.54, 1.807) is 29.5 Å². The lowest BCUT2D eigenvalue weighted by Crippen LogP contribution is -2.07. The van der Waals surface area contributed by atoms with Gasteiger partial charge in [-0.25, -0.2) is 0 Å². The minimum absolute atomic E-state index is 0.223. The van der Waals surface area contributed by atoms with Crippen molar-refractivity contribution in [3.05, 3.63) is 88.1 Å². The maximum atomic E-state index is 10.6. The molecule has 0 aliphatic rings. The number of aromatic hydroxyl groups is 1. The van der Waals surface area contributed by atoms with Crippen LogP contribution in [0.4, 0.5) is 0 Å². The molecule has 0 saturated heterocycles. The molecule has 0 radical (unpaired) electrons. The number of benzene rings is 3. The second kappa shape index (κ2) is 12.8. The number of para-hydroxylation sites is 1. The molecule has 3 aromatic carbocycles. The molecule has 1 heterocycles. The normalized spacial score (nSPS) is 10.6. The summed E-state index contributed by atoms with van der Waals surface area (Å²) < 4.78 is 18.3. The minimum Gasteiger partial charge on any atom is -0.507 e.